The molecule has 0 amide bonds. The van der Waals surface area contributed by atoms with Gasteiger partial charge in [-0.1, -0.05) is 37.3 Å². The van der Waals surface area contributed by atoms with E-state index in [2.05, 4.69) is 44.1 Å². The number of piperazine rings is 1. The van der Waals surface area contributed by atoms with Gasteiger partial charge in [-0.25, -0.2) is 15.0 Å². The smallest absolute Gasteiger partial charge is 0.227 e. The van der Waals surface area contributed by atoms with E-state index in [0.717, 1.165) is 68.1 Å². The molecule has 1 aromatic carbocycles. The minimum absolute atomic E-state index is 0.772. The van der Waals surface area contributed by atoms with Gasteiger partial charge in [-0.2, -0.15) is 4.98 Å². The second kappa shape index (κ2) is 8.65. The first kappa shape index (κ1) is 18.2. The van der Waals surface area contributed by atoms with E-state index in [1.807, 2.05) is 30.3 Å². The van der Waals surface area contributed by atoms with E-state index in [9.17, 15) is 0 Å². The number of aromatic nitrogens is 4. The van der Waals surface area contributed by atoms with E-state index >= 15 is 0 Å². The van der Waals surface area contributed by atoms with Crippen LogP contribution >= 0.6 is 0 Å². The van der Waals surface area contributed by atoms with Gasteiger partial charge in [0.1, 0.15) is 5.82 Å². The molecule has 0 unspecified atom stereocenters. The van der Waals surface area contributed by atoms with Gasteiger partial charge < -0.3 is 15.1 Å². The number of benzene rings is 1. The van der Waals surface area contributed by atoms with Crippen LogP contribution in [0.4, 0.5) is 17.7 Å². The minimum atomic E-state index is 0.772. The van der Waals surface area contributed by atoms with Gasteiger partial charge >= 0.3 is 0 Å². The Morgan fingerprint density at radius 3 is 2.21 bits per heavy atom. The molecule has 4 rings (SSSR count). The Bertz CT molecular complexity index is 878. The third-order valence-corrected chi connectivity index (χ3v) is 4.74. The zero-order valence-corrected chi connectivity index (χ0v) is 16.1. The molecule has 0 aliphatic carbocycles. The Balaban J connectivity index is 1.55. The number of hydrogen-bond donors (Lipinski definition) is 1. The average Bonchev–Trinajstić information content (AvgIpc) is 2.79. The van der Waals surface area contributed by atoms with E-state index in [0.29, 0.717) is 0 Å². The molecule has 7 nitrogen and oxygen atoms in total. The van der Waals surface area contributed by atoms with Crippen molar-refractivity contribution in [1.82, 2.24) is 19.9 Å². The standard InChI is InChI=1S/C21H25N7/c1-2-9-22-19-16-18(17-7-4-3-5-8-17)25-21(26-19)28-14-12-27(13-15-28)20-23-10-6-11-24-20/h3-8,10-11,16H,2,9,12-15H2,1H3,(H,22,25,26). The van der Waals surface area contributed by atoms with Crippen molar-refractivity contribution >= 4 is 17.7 Å². The van der Waals surface area contributed by atoms with E-state index in [1.54, 1.807) is 12.4 Å². The lowest BCUT2D eigenvalue weighted by atomic mass is 10.1. The maximum atomic E-state index is 4.86. The van der Waals surface area contributed by atoms with E-state index in [4.69, 9.17) is 9.97 Å². The molecule has 0 atom stereocenters. The van der Waals surface area contributed by atoms with Crippen molar-refractivity contribution in [3.8, 4) is 11.3 Å². The molecule has 0 bridgehead atoms. The molecule has 1 aliphatic rings. The summed E-state index contributed by atoms with van der Waals surface area (Å²) in [4.78, 5) is 22.8. The summed E-state index contributed by atoms with van der Waals surface area (Å²) >= 11 is 0. The molecule has 0 spiro atoms. The molecule has 3 aromatic rings. The average molecular weight is 375 g/mol. The van der Waals surface area contributed by atoms with Gasteiger partial charge in [-0.15, -0.1) is 0 Å². The van der Waals surface area contributed by atoms with Gasteiger partial charge in [-0.3, -0.25) is 0 Å². The Morgan fingerprint density at radius 1 is 0.857 bits per heavy atom. The van der Waals surface area contributed by atoms with Crippen molar-refractivity contribution in [1.29, 1.82) is 0 Å². The van der Waals surface area contributed by atoms with Crippen molar-refractivity contribution in [2.24, 2.45) is 0 Å². The third kappa shape index (κ3) is 4.19. The zero-order valence-electron chi connectivity index (χ0n) is 16.1. The van der Waals surface area contributed by atoms with E-state index < -0.39 is 0 Å². The Labute approximate surface area is 165 Å². The van der Waals surface area contributed by atoms with Crippen molar-refractivity contribution in [2.45, 2.75) is 13.3 Å². The largest absolute Gasteiger partial charge is 0.370 e. The molecule has 1 saturated heterocycles. The van der Waals surface area contributed by atoms with Gasteiger partial charge in [0, 0.05) is 56.7 Å². The quantitative estimate of drug-likeness (QED) is 0.710. The van der Waals surface area contributed by atoms with Crippen LogP contribution in [0.3, 0.4) is 0 Å². The van der Waals surface area contributed by atoms with Crippen LogP contribution in [0.25, 0.3) is 11.3 Å². The highest BCUT2D eigenvalue weighted by Crippen LogP contribution is 2.24. The molecule has 1 N–H and O–H groups in total. The van der Waals surface area contributed by atoms with Gasteiger partial charge in [-0.05, 0) is 12.5 Å². The van der Waals surface area contributed by atoms with Crippen LogP contribution in [0, 0.1) is 0 Å². The highest BCUT2D eigenvalue weighted by atomic mass is 15.4. The first-order valence-electron chi connectivity index (χ1n) is 9.79. The second-order valence-electron chi connectivity index (χ2n) is 6.75. The normalized spacial score (nSPS) is 14.2. The summed E-state index contributed by atoms with van der Waals surface area (Å²) in [5, 5.41) is 3.41. The minimum Gasteiger partial charge on any atom is -0.370 e. The molecule has 144 valence electrons. The fourth-order valence-electron chi connectivity index (χ4n) is 3.24. The fourth-order valence-corrected chi connectivity index (χ4v) is 3.24. The predicted molar refractivity (Wildman–Crippen MR) is 113 cm³/mol. The molecule has 28 heavy (non-hydrogen) atoms. The number of rotatable bonds is 6. The highest BCUT2D eigenvalue weighted by molar-refractivity contribution is 5.64. The lowest BCUT2D eigenvalue weighted by Gasteiger charge is -2.34. The van der Waals surface area contributed by atoms with Gasteiger partial charge in [0.05, 0.1) is 5.69 Å². The summed E-state index contributed by atoms with van der Waals surface area (Å²) in [6.07, 6.45) is 4.62. The first-order valence-corrected chi connectivity index (χ1v) is 9.79. The molecular formula is C21H25N7. The molecule has 1 aliphatic heterocycles. The fraction of sp³-hybridized carbons (Fsp3) is 0.333. The Morgan fingerprint density at radius 2 is 1.54 bits per heavy atom. The van der Waals surface area contributed by atoms with Crippen LogP contribution in [-0.2, 0) is 0 Å². The third-order valence-electron chi connectivity index (χ3n) is 4.74. The van der Waals surface area contributed by atoms with Crippen molar-refractivity contribution in [3.05, 3.63) is 54.9 Å². The molecule has 3 heterocycles. The topological polar surface area (TPSA) is 70.1 Å². The Kier molecular flexibility index (Phi) is 5.61. The van der Waals surface area contributed by atoms with Crippen molar-refractivity contribution < 1.29 is 0 Å². The predicted octanol–water partition coefficient (Wildman–Crippen LogP) is 3.08. The molecule has 1 fully saturated rings. The van der Waals surface area contributed by atoms with Crippen molar-refractivity contribution in [2.75, 3.05) is 47.8 Å². The molecule has 7 heteroatoms. The maximum Gasteiger partial charge on any atom is 0.227 e. The molecule has 2 aromatic heterocycles. The molecular weight excluding hydrogens is 350 g/mol. The van der Waals surface area contributed by atoms with Crippen molar-refractivity contribution in [3.63, 3.8) is 0 Å². The van der Waals surface area contributed by atoms with Crippen LogP contribution in [0.2, 0.25) is 0 Å². The van der Waals surface area contributed by atoms with E-state index in [1.165, 1.54) is 0 Å². The monoisotopic (exact) mass is 375 g/mol. The van der Waals surface area contributed by atoms with Gasteiger partial charge in [0.15, 0.2) is 0 Å². The summed E-state index contributed by atoms with van der Waals surface area (Å²) in [6.45, 7) is 6.41. The molecule has 0 saturated carbocycles. The number of hydrogen-bond acceptors (Lipinski definition) is 7. The van der Waals surface area contributed by atoms with Gasteiger partial charge in [0.25, 0.3) is 0 Å². The first-order chi connectivity index (χ1) is 13.8. The van der Waals surface area contributed by atoms with Crippen LogP contribution in [0.5, 0.6) is 0 Å². The number of nitrogens with one attached hydrogen (secondary N) is 1. The summed E-state index contributed by atoms with van der Waals surface area (Å²) in [7, 11) is 0. The maximum absolute atomic E-state index is 4.86. The molecule has 0 radical (unpaired) electrons. The lowest BCUT2D eigenvalue weighted by molar-refractivity contribution is 0.628. The summed E-state index contributed by atoms with van der Waals surface area (Å²) in [5.74, 6) is 2.43. The summed E-state index contributed by atoms with van der Waals surface area (Å²) in [6, 6.07) is 14.1. The Hall–Kier alpha value is -3.22. The number of nitrogens with zero attached hydrogens (tertiary/aromatic N) is 6. The summed E-state index contributed by atoms with van der Waals surface area (Å²) in [5.41, 5.74) is 2.04. The van der Waals surface area contributed by atoms with Crippen LogP contribution in [-0.4, -0.2) is 52.7 Å². The number of anilines is 3. The lowest BCUT2D eigenvalue weighted by Crippen LogP contribution is -2.47. The summed E-state index contributed by atoms with van der Waals surface area (Å²) < 4.78 is 0. The zero-order chi connectivity index (χ0) is 19.2. The van der Waals surface area contributed by atoms with Crippen LogP contribution in [0.1, 0.15) is 13.3 Å². The second-order valence-corrected chi connectivity index (χ2v) is 6.75. The van der Waals surface area contributed by atoms with E-state index in [-0.39, 0.29) is 0 Å². The van der Waals surface area contributed by atoms with Crippen LogP contribution in [0.15, 0.2) is 54.9 Å². The highest BCUT2D eigenvalue weighted by Gasteiger charge is 2.21. The van der Waals surface area contributed by atoms with Gasteiger partial charge in [0.2, 0.25) is 11.9 Å². The van der Waals surface area contributed by atoms with Crippen LogP contribution < -0.4 is 15.1 Å². The SMILES string of the molecule is CCCNc1cc(-c2ccccc2)nc(N2CCN(c3ncccn3)CC2)n1.